The quantitative estimate of drug-likeness (QED) is 0.695. The standard InChI is InChI=1S/C21H24N6O2/c1-29-19-7-10-22-20(25-19)23-16-8-13-27(14-9-16)21(28)24-17-5-4-6-18(15-17)26-11-2-3-12-26/h2-7,10-12,15-16H,8-9,13-14H2,1H3,(H,24,28)(H,22,23,25). The van der Waals surface area contributed by atoms with Crippen molar-refractivity contribution in [3.8, 4) is 11.6 Å². The Hall–Kier alpha value is -3.55. The number of amides is 2. The van der Waals surface area contributed by atoms with Gasteiger partial charge in [0.25, 0.3) is 0 Å². The molecule has 0 saturated carbocycles. The Morgan fingerprint density at radius 2 is 1.93 bits per heavy atom. The predicted molar refractivity (Wildman–Crippen MR) is 112 cm³/mol. The number of aromatic nitrogens is 3. The van der Waals surface area contributed by atoms with Gasteiger partial charge in [-0.1, -0.05) is 6.07 Å². The van der Waals surface area contributed by atoms with Gasteiger partial charge in [0, 0.05) is 55.2 Å². The van der Waals surface area contributed by atoms with E-state index in [4.69, 9.17) is 4.74 Å². The number of methoxy groups -OCH3 is 1. The van der Waals surface area contributed by atoms with Gasteiger partial charge in [-0.3, -0.25) is 0 Å². The highest BCUT2D eigenvalue weighted by Gasteiger charge is 2.23. The topological polar surface area (TPSA) is 84.3 Å². The number of piperidine rings is 1. The van der Waals surface area contributed by atoms with Gasteiger partial charge in [-0.2, -0.15) is 4.98 Å². The summed E-state index contributed by atoms with van der Waals surface area (Å²) in [5.74, 6) is 1.08. The van der Waals surface area contributed by atoms with Crippen LogP contribution in [0.25, 0.3) is 5.69 Å². The minimum atomic E-state index is -0.0780. The number of rotatable bonds is 5. The summed E-state index contributed by atoms with van der Waals surface area (Å²) in [5, 5.41) is 6.33. The zero-order valence-corrected chi connectivity index (χ0v) is 16.3. The van der Waals surface area contributed by atoms with E-state index in [1.165, 1.54) is 0 Å². The number of benzene rings is 1. The zero-order valence-electron chi connectivity index (χ0n) is 16.3. The maximum Gasteiger partial charge on any atom is 0.321 e. The zero-order chi connectivity index (χ0) is 20.1. The van der Waals surface area contributed by atoms with Crippen molar-refractivity contribution in [1.82, 2.24) is 19.4 Å². The molecule has 29 heavy (non-hydrogen) atoms. The number of likely N-dealkylation sites (tertiary alicyclic amines) is 1. The third kappa shape index (κ3) is 4.66. The summed E-state index contributed by atoms with van der Waals surface area (Å²) >= 11 is 0. The summed E-state index contributed by atoms with van der Waals surface area (Å²) in [4.78, 5) is 23.0. The Labute approximate surface area is 169 Å². The third-order valence-electron chi connectivity index (χ3n) is 4.95. The molecule has 0 atom stereocenters. The van der Waals surface area contributed by atoms with Crippen molar-refractivity contribution in [1.29, 1.82) is 0 Å². The Balaban J connectivity index is 1.31. The van der Waals surface area contributed by atoms with Crippen molar-refractivity contribution >= 4 is 17.7 Å². The normalized spacial score (nSPS) is 14.4. The van der Waals surface area contributed by atoms with E-state index < -0.39 is 0 Å². The lowest BCUT2D eigenvalue weighted by atomic mass is 10.1. The molecule has 0 spiro atoms. The van der Waals surface area contributed by atoms with E-state index in [2.05, 4.69) is 20.6 Å². The molecule has 0 radical (unpaired) electrons. The fourth-order valence-corrected chi connectivity index (χ4v) is 3.39. The fourth-order valence-electron chi connectivity index (χ4n) is 3.39. The molecular weight excluding hydrogens is 368 g/mol. The first-order chi connectivity index (χ1) is 14.2. The lowest BCUT2D eigenvalue weighted by molar-refractivity contribution is 0.197. The van der Waals surface area contributed by atoms with Gasteiger partial charge in [0.15, 0.2) is 0 Å². The van der Waals surface area contributed by atoms with Crippen LogP contribution in [0.5, 0.6) is 5.88 Å². The summed E-state index contributed by atoms with van der Waals surface area (Å²) in [6.45, 7) is 1.34. The number of ether oxygens (including phenoxy) is 1. The molecule has 0 aliphatic carbocycles. The van der Waals surface area contributed by atoms with E-state index in [-0.39, 0.29) is 12.1 Å². The number of carbonyl (C=O) groups is 1. The Kier molecular flexibility index (Phi) is 5.60. The van der Waals surface area contributed by atoms with Crippen LogP contribution < -0.4 is 15.4 Å². The number of urea groups is 1. The van der Waals surface area contributed by atoms with E-state index >= 15 is 0 Å². The minimum absolute atomic E-state index is 0.0780. The molecular formula is C21H24N6O2. The smallest absolute Gasteiger partial charge is 0.321 e. The van der Waals surface area contributed by atoms with Crippen LogP contribution in [0.1, 0.15) is 12.8 Å². The summed E-state index contributed by atoms with van der Waals surface area (Å²) in [7, 11) is 1.58. The number of hydrogen-bond donors (Lipinski definition) is 2. The van der Waals surface area contributed by atoms with Crippen LogP contribution in [-0.2, 0) is 0 Å². The molecule has 0 bridgehead atoms. The number of nitrogens with one attached hydrogen (secondary N) is 2. The molecule has 2 N–H and O–H groups in total. The van der Waals surface area contributed by atoms with Crippen LogP contribution >= 0.6 is 0 Å². The highest BCUT2D eigenvalue weighted by molar-refractivity contribution is 5.89. The van der Waals surface area contributed by atoms with Gasteiger partial charge in [0.2, 0.25) is 11.8 Å². The lowest BCUT2D eigenvalue weighted by Crippen LogP contribution is -2.44. The monoisotopic (exact) mass is 392 g/mol. The molecule has 1 aliphatic rings. The first-order valence-electron chi connectivity index (χ1n) is 9.64. The molecule has 8 nitrogen and oxygen atoms in total. The Morgan fingerprint density at radius 1 is 1.14 bits per heavy atom. The number of carbonyl (C=O) groups excluding carboxylic acids is 1. The second kappa shape index (κ2) is 8.64. The van der Waals surface area contributed by atoms with Crippen molar-refractivity contribution in [2.75, 3.05) is 30.8 Å². The van der Waals surface area contributed by atoms with Gasteiger partial charge >= 0.3 is 6.03 Å². The summed E-state index contributed by atoms with van der Waals surface area (Å²) in [5.41, 5.74) is 1.79. The molecule has 1 fully saturated rings. The molecule has 3 heterocycles. The largest absolute Gasteiger partial charge is 0.481 e. The second-order valence-electron chi connectivity index (χ2n) is 6.90. The molecule has 3 aromatic rings. The SMILES string of the molecule is COc1ccnc(NC2CCN(C(=O)Nc3cccc(-n4cccc4)c3)CC2)n1. The van der Waals surface area contributed by atoms with Gasteiger partial charge in [-0.05, 0) is 43.2 Å². The average molecular weight is 392 g/mol. The Bertz CT molecular complexity index is 951. The van der Waals surface area contributed by atoms with Crippen molar-refractivity contribution in [2.24, 2.45) is 0 Å². The second-order valence-corrected chi connectivity index (χ2v) is 6.90. The fraction of sp³-hybridized carbons (Fsp3) is 0.286. The van der Waals surface area contributed by atoms with Crippen LogP contribution in [0.15, 0.2) is 61.1 Å². The van der Waals surface area contributed by atoms with E-state index in [1.54, 1.807) is 19.4 Å². The predicted octanol–water partition coefficient (Wildman–Crippen LogP) is 3.38. The van der Waals surface area contributed by atoms with Crippen molar-refractivity contribution < 1.29 is 9.53 Å². The third-order valence-corrected chi connectivity index (χ3v) is 4.95. The average Bonchev–Trinajstić information content (AvgIpc) is 3.30. The highest BCUT2D eigenvalue weighted by atomic mass is 16.5. The number of anilines is 2. The van der Waals surface area contributed by atoms with Crippen molar-refractivity contribution in [3.05, 3.63) is 61.1 Å². The van der Waals surface area contributed by atoms with E-state index in [0.717, 1.165) is 24.2 Å². The summed E-state index contributed by atoms with van der Waals surface area (Å²) < 4.78 is 7.13. The lowest BCUT2D eigenvalue weighted by Gasteiger charge is -2.32. The first-order valence-corrected chi connectivity index (χ1v) is 9.64. The number of nitrogens with zero attached hydrogens (tertiary/aromatic N) is 4. The van der Waals surface area contributed by atoms with Crippen LogP contribution in [0.3, 0.4) is 0 Å². The van der Waals surface area contributed by atoms with Gasteiger partial charge in [-0.15, -0.1) is 0 Å². The summed E-state index contributed by atoms with van der Waals surface area (Å²) in [6.07, 6.45) is 7.28. The summed E-state index contributed by atoms with van der Waals surface area (Å²) in [6, 6.07) is 13.6. The maximum absolute atomic E-state index is 12.7. The maximum atomic E-state index is 12.7. The molecule has 1 aliphatic heterocycles. The molecule has 1 saturated heterocycles. The Morgan fingerprint density at radius 3 is 2.69 bits per heavy atom. The van der Waals surface area contributed by atoms with E-state index in [9.17, 15) is 4.79 Å². The van der Waals surface area contributed by atoms with E-state index in [1.807, 2.05) is 58.3 Å². The van der Waals surface area contributed by atoms with Gasteiger partial charge < -0.3 is 24.8 Å². The van der Waals surface area contributed by atoms with Crippen LogP contribution in [0.4, 0.5) is 16.4 Å². The first kappa shape index (κ1) is 18.8. The minimum Gasteiger partial charge on any atom is -0.481 e. The van der Waals surface area contributed by atoms with Crippen LogP contribution in [0.2, 0.25) is 0 Å². The highest BCUT2D eigenvalue weighted by Crippen LogP contribution is 2.19. The molecule has 0 unspecified atom stereocenters. The molecule has 150 valence electrons. The van der Waals surface area contributed by atoms with Gasteiger partial charge in [0.05, 0.1) is 7.11 Å². The van der Waals surface area contributed by atoms with E-state index in [0.29, 0.717) is 24.9 Å². The molecule has 2 aromatic heterocycles. The van der Waals surface area contributed by atoms with Gasteiger partial charge in [0.1, 0.15) is 0 Å². The molecule has 2 amide bonds. The van der Waals surface area contributed by atoms with Crippen molar-refractivity contribution in [2.45, 2.75) is 18.9 Å². The molecule has 4 rings (SSSR count). The van der Waals surface area contributed by atoms with Gasteiger partial charge in [-0.25, -0.2) is 9.78 Å². The molecule has 1 aromatic carbocycles. The van der Waals surface area contributed by atoms with Crippen LogP contribution in [0, 0.1) is 0 Å². The van der Waals surface area contributed by atoms with Crippen molar-refractivity contribution in [3.63, 3.8) is 0 Å². The molecule has 8 heteroatoms. The van der Waals surface area contributed by atoms with Crippen LogP contribution in [-0.4, -0.2) is 51.7 Å². The number of hydrogen-bond acceptors (Lipinski definition) is 5.